The molecule has 1 aliphatic heterocycles. The lowest BCUT2D eigenvalue weighted by atomic mass is 10.3. The molecule has 1 aliphatic rings. The molecule has 0 bridgehead atoms. The van der Waals surface area contributed by atoms with E-state index >= 15 is 0 Å². The molecule has 1 heterocycles. The van der Waals surface area contributed by atoms with Crippen molar-refractivity contribution in [3.8, 4) is 0 Å². The highest BCUT2D eigenvalue weighted by Gasteiger charge is 2.39. The van der Waals surface area contributed by atoms with E-state index in [4.69, 9.17) is 17.3 Å². The first-order valence-electron chi connectivity index (χ1n) is 5.68. The van der Waals surface area contributed by atoms with Crippen molar-refractivity contribution in [2.24, 2.45) is 5.73 Å². The van der Waals surface area contributed by atoms with Crippen molar-refractivity contribution in [1.29, 1.82) is 0 Å². The highest BCUT2D eigenvalue weighted by Crippen LogP contribution is 2.31. The van der Waals surface area contributed by atoms with Crippen LogP contribution < -0.4 is 10.6 Å². The van der Waals surface area contributed by atoms with Crippen LogP contribution in [0.1, 0.15) is 6.42 Å². The monoisotopic (exact) mass is 302 g/mol. The van der Waals surface area contributed by atoms with Crippen molar-refractivity contribution in [3.05, 3.63) is 29.0 Å². The Balaban J connectivity index is 2.22. The van der Waals surface area contributed by atoms with Crippen LogP contribution in [0.5, 0.6) is 0 Å². The molecule has 1 aromatic carbocycles. The zero-order valence-electron chi connectivity index (χ0n) is 9.94. The topological polar surface area (TPSA) is 63.4 Å². The van der Waals surface area contributed by atoms with Gasteiger partial charge < -0.3 is 5.73 Å². The summed E-state index contributed by atoms with van der Waals surface area (Å²) in [4.78, 5) is 25.1. The number of nitrogens with two attached hydrogens (primary N) is 1. The third-order valence-electron chi connectivity index (χ3n) is 2.70. The molecule has 1 aromatic rings. The Hall–Kier alpha value is -1.11. The summed E-state index contributed by atoms with van der Waals surface area (Å²) in [5.74, 6) is -0.575. The molecule has 7 heteroatoms. The van der Waals surface area contributed by atoms with Crippen LogP contribution >= 0.6 is 23.4 Å². The molecule has 0 saturated carbocycles. The third kappa shape index (κ3) is 2.91. The molecule has 102 valence electrons. The number of amides is 2. The maximum atomic E-state index is 13.1. The molecule has 4 nitrogen and oxygen atoms in total. The quantitative estimate of drug-likeness (QED) is 0.862. The molecular weight excluding hydrogens is 291 g/mol. The maximum Gasteiger partial charge on any atom is 0.247 e. The molecule has 0 spiro atoms. The Morgan fingerprint density at radius 1 is 1.47 bits per heavy atom. The van der Waals surface area contributed by atoms with Crippen LogP contribution in [0.15, 0.2) is 18.2 Å². The van der Waals surface area contributed by atoms with Gasteiger partial charge in [-0.05, 0) is 18.2 Å². The highest BCUT2D eigenvalue weighted by atomic mass is 35.5. The second kappa shape index (κ2) is 5.90. The first kappa shape index (κ1) is 14.3. The predicted molar refractivity (Wildman–Crippen MR) is 73.8 cm³/mol. The molecule has 0 aliphatic carbocycles. The van der Waals surface area contributed by atoms with Gasteiger partial charge in [0.25, 0.3) is 0 Å². The van der Waals surface area contributed by atoms with Crippen molar-refractivity contribution in [3.63, 3.8) is 0 Å². The molecule has 1 atom stereocenters. The van der Waals surface area contributed by atoms with E-state index < -0.39 is 11.1 Å². The highest BCUT2D eigenvalue weighted by molar-refractivity contribution is 8.00. The van der Waals surface area contributed by atoms with E-state index in [1.54, 1.807) is 0 Å². The lowest BCUT2D eigenvalue weighted by molar-refractivity contribution is -0.121. The summed E-state index contributed by atoms with van der Waals surface area (Å²) >= 11 is 7.02. The molecule has 2 amide bonds. The molecule has 2 N–H and O–H groups in total. The van der Waals surface area contributed by atoms with Gasteiger partial charge in [0, 0.05) is 18.7 Å². The fraction of sp³-hybridized carbons (Fsp3) is 0.333. The van der Waals surface area contributed by atoms with Crippen LogP contribution in [0, 0.1) is 5.82 Å². The van der Waals surface area contributed by atoms with E-state index in [-0.39, 0.29) is 23.3 Å². The van der Waals surface area contributed by atoms with Crippen molar-refractivity contribution in [1.82, 2.24) is 0 Å². The number of benzene rings is 1. The van der Waals surface area contributed by atoms with E-state index in [1.807, 2.05) is 0 Å². The number of carbonyl (C=O) groups excluding carboxylic acids is 2. The lowest BCUT2D eigenvalue weighted by Crippen LogP contribution is -2.31. The van der Waals surface area contributed by atoms with Crippen LogP contribution in [0.4, 0.5) is 10.1 Å². The Kier molecular flexibility index (Phi) is 4.44. The van der Waals surface area contributed by atoms with Gasteiger partial charge in [-0.1, -0.05) is 11.6 Å². The van der Waals surface area contributed by atoms with Crippen LogP contribution in [-0.4, -0.2) is 29.4 Å². The van der Waals surface area contributed by atoms with Gasteiger partial charge in [0.2, 0.25) is 11.8 Å². The van der Waals surface area contributed by atoms with Gasteiger partial charge in [-0.2, -0.15) is 0 Å². The summed E-state index contributed by atoms with van der Waals surface area (Å²) in [6.07, 6.45) is 0.137. The molecule has 1 saturated heterocycles. The van der Waals surface area contributed by atoms with Gasteiger partial charge in [-0.15, -0.1) is 11.8 Å². The molecule has 1 unspecified atom stereocenters. The third-order valence-corrected chi connectivity index (χ3v) is 4.24. The number of hydrogen-bond donors (Lipinski definition) is 1. The number of hydrogen-bond acceptors (Lipinski definition) is 4. The molecule has 19 heavy (non-hydrogen) atoms. The fourth-order valence-corrected chi connectivity index (χ4v) is 2.94. The van der Waals surface area contributed by atoms with Gasteiger partial charge in [0.05, 0.1) is 16.0 Å². The second-order valence-corrected chi connectivity index (χ2v) is 5.74. The zero-order chi connectivity index (χ0) is 14.0. The Bertz CT molecular complexity index is 526. The fourth-order valence-electron chi connectivity index (χ4n) is 1.84. The van der Waals surface area contributed by atoms with Crippen LogP contribution in [-0.2, 0) is 9.59 Å². The number of nitrogens with zero attached hydrogens (tertiary/aromatic N) is 1. The summed E-state index contributed by atoms with van der Waals surface area (Å²) in [7, 11) is 0. The number of rotatable bonds is 4. The van der Waals surface area contributed by atoms with Crippen LogP contribution in [0.2, 0.25) is 5.02 Å². The first-order valence-corrected chi connectivity index (χ1v) is 7.10. The SMILES string of the molecule is NCCSC1CC(=O)N(c2ccc(F)c(Cl)c2)C1=O. The number of anilines is 1. The molecule has 0 aromatic heterocycles. The zero-order valence-corrected chi connectivity index (χ0v) is 11.5. The van der Waals surface area contributed by atoms with Crippen LogP contribution in [0.3, 0.4) is 0 Å². The number of carbonyl (C=O) groups is 2. The van der Waals surface area contributed by atoms with Gasteiger partial charge in [-0.3, -0.25) is 9.59 Å². The summed E-state index contributed by atoms with van der Waals surface area (Å²) in [6, 6.07) is 3.79. The van der Waals surface area contributed by atoms with E-state index in [2.05, 4.69) is 0 Å². The summed E-state index contributed by atoms with van der Waals surface area (Å²) in [5, 5.41) is -0.531. The average Bonchev–Trinajstić information content (AvgIpc) is 2.65. The van der Waals surface area contributed by atoms with Gasteiger partial charge in [0.1, 0.15) is 5.82 Å². The Morgan fingerprint density at radius 2 is 2.21 bits per heavy atom. The second-order valence-electron chi connectivity index (χ2n) is 4.02. The van der Waals surface area contributed by atoms with Crippen molar-refractivity contribution in [2.45, 2.75) is 11.7 Å². The number of halogens is 2. The van der Waals surface area contributed by atoms with Gasteiger partial charge in [0.15, 0.2) is 0 Å². The van der Waals surface area contributed by atoms with Crippen LogP contribution in [0.25, 0.3) is 0 Å². The van der Waals surface area contributed by atoms with Crippen molar-refractivity contribution >= 4 is 40.9 Å². The molecule has 1 fully saturated rings. The normalized spacial score (nSPS) is 19.3. The Morgan fingerprint density at radius 3 is 2.84 bits per heavy atom. The smallest absolute Gasteiger partial charge is 0.247 e. The maximum absolute atomic E-state index is 13.1. The van der Waals surface area contributed by atoms with E-state index in [9.17, 15) is 14.0 Å². The summed E-state index contributed by atoms with van der Waals surface area (Å²) < 4.78 is 13.1. The van der Waals surface area contributed by atoms with Gasteiger partial charge >= 0.3 is 0 Å². The average molecular weight is 303 g/mol. The molecule has 2 rings (SSSR count). The van der Waals surface area contributed by atoms with Gasteiger partial charge in [-0.25, -0.2) is 9.29 Å². The summed E-state index contributed by atoms with van der Waals surface area (Å²) in [6.45, 7) is 0.449. The van der Waals surface area contributed by atoms with E-state index in [1.165, 1.54) is 23.9 Å². The predicted octanol–water partition coefficient (Wildman–Crippen LogP) is 1.80. The minimum atomic E-state index is -0.585. The molecule has 0 radical (unpaired) electrons. The summed E-state index contributed by atoms with van der Waals surface area (Å²) in [5.41, 5.74) is 5.68. The number of imide groups is 1. The minimum absolute atomic E-state index is 0.115. The number of thioether (sulfide) groups is 1. The first-order chi connectivity index (χ1) is 9.04. The minimum Gasteiger partial charge on any atom is -0.330 e. The van der Waals surface area contributed by atoms with Crippen molar-refractivity contribution < 1.29 is 14.0 Å². The molecular formula is C12H12ClFN2O2S. The van der Waals surface area contributed by atoms with Crippen molar-refractivity contribution in [2.75, 3.05) is 17.2 Å². The Labute approximate surface area is 119 Å². The standard InChI is InChI=1S/C12H12ClFN2O2S/c13-8-5-7(1-2-9(8)14)16-11(17)6-10(12(16)18)19-4-3-15/h1-2,5,10H,3-4,6,15H2. The van der Waals surface area contributed by atoms with E-state index in [0.29, 0.717) is 18.0 Å². The largest absolute Gasteiger partial charge is 0.330 e. The lowest BCUT2D eigenvalue weighted by Gasteiger charge is -2.15. The van der Waals surface area contributed by atoms with E-state index in [0.717, 1.165) is 11.0 Å².